The molecule has 0 radical (unpaired) electrons. The first-order valence-corrected chi connectivity index (χ1v) is 12.1. The molecule has 4 aromatic rings. The van der Waals surface area contributed by atoms with Gasteiger partial charge in [-0.25, -0.2) is 0 Å². The van der Waals surface area contributed by atoms with Crippen molar-refractivity contribution < 1.29 is 4.79 Å². The average Bonchev–Trinajstić information content (AvgIpc) is 3.11. The molecule has 0 aliphatic carbocycles. The van der Waals surface area contributed by atoms with Crippen LogP contribution in [0.2, 0.25) is 0 Å². The molecule has 0 unspecified atom stereocenters. The van der Waals surface area contributed by atoms with Gasteiger partial charge in [-0.1, -0.05) is 93.6 Å². The van der Waals surface area contributed by atoms with E-state index in [9.17, 15) is 4.79 Å². The number of para-hydroxylation sites is 1. The van der Waals surface area contributed by atoms with Gasteiger partial charge in [0.1, 0.15) is 3.82 Å². The van der Waals surface area contributed by atoms with E-state index in [-0.39, 0.29) is 5.91 Å². The van der Waals surface area contributed by atoms with Crippen molar-refractivity contribution in [3.63, 3.8) is 0 Å². The molecule has 29 heavy (non-hydrogen) atoms. The molecule has 1 aliphatic rings. The Morgan fingerprint density at radius 1 is 0.966 bits per heavy atom. The molecule has 3 aromatic carbocycles. The van der Waals surface area contributed by atoms with Crippen LogP contribution in [0.3, 0.4) is 0 Å². The number of carbonyl (C=O) groups excluding carboxylic acids is 1. The van der Waals surface area contributed by atoms with Crippen molar-refractivity contribution in [3.8, 4) is 11.1 Å². The van der Waals surface area contributed by atoms with Crippen LogP contribution in [0.1, 0.15) is 24.3 Å². The van der Waals surface area contributed by atoms with E-state index in [1.54, 1.807) is 20.7 Å². The highest BCUT2D eigenvalue weighted by Crippen LogP contribution is 2.52. The van der Waals surface area contributed by atoms with E-state index in [4.69, 9.17) is 12.2 Å². The van der Waals surface area contributed by atoms with E-state index >= 15 is 0 Å². The second-order valence-corrected chi connectivity index (χ2v) is 10.6. The fourth-order valence-corrected chi connectivity index (χ4v) is 7.59. The monoisotopic (exact) mass is 433 g/mol. The van der Waals surface area contributed by atoms with Crippen LogP contribution >= 0.6 is 32.9 Å². The van der Waals surface area contributed by atoms with Gasteiger partial charge in [-0.05, 0) is 36.2 Å². The molecule has 5 heteroatoms. The smallest absolute Gasteiger partial charge is 0.232 e. The number of carbonyl (C=O) groups is 1. The van der Waals surface area contributed by atoms with Crippen LogP contribution < -0.4 is 4.90 Å². The van der Waals surface area contributed by atoms with E-state index in [0.717, 1.165) is 37.0 Å². The van der Waals surface area contributed by atoms with Gasteiger partial charge in [0.25, 0.3) is 0 Å². The van der Waals surface area contributed by atoms with Crippen molar-refractivity contribution in [2.24, 2.45) is 0 Å². The molecule has 0 atom stereocenters. The fraction of sp³-hybridized carbons (Fsp3) is 0.167. The maximum atomic E-state index is 13.7. The van der Waals surface area contributed by atoms with Crippen LogP contribution in [0.25, 0.3) is 21.9 Å². The van der Waals surface area contributed by atoms with Gasteiger partial charge in [0, 0.05) is 11.1 Å². The molecule has 5 rings (SSSR count). The summed E-state index contributed by atoms with van der Waals surface area (Å²) in [6.45, 7) is 4.25. The molecule has 0 saturated heterocycles. The Morgan fingerprint density at radius 3 is 2.55 bits per heavy atom. The van der Waals surface area contributed by atoms with Gasteiger partial charge in [0.2, 0.25) is 5.91 Å². The van der Waals surface area contributed by atoms with Crippen LogP contribution in [-0.4, -0.2) is 5.91 Å². The van der Waals surface area contributed by atoms with Crippen molar-refractivity contribution >= 4 is 55.3 Å². The van der Waals surface area contributed by atoms with Crippen molar-refractivity contribution in [3.05, 3.63) is 81.0 Å². The van der Waals surface area contributed by atoms with Crippen molar-refractivity contribution in [2.75, 3.05) is 4.90 Å². The second-order valence-electron chi connectivity index (χ2n) is 7.78. The first-order valence-electron chi connectivity index (χ1n) is 9.51. The van der Waals surface area contributed by atoms with Crippen molar-refractivity contribution in [2.45, 2.75) is 25.8 Å². The lowest BCUT2D eigenvalue weighted by Crippen LogP contribution is -2.48. The van der Waals surface area contributed by atoms with Crippen LogP contribution in [0, 0.1) is 3.82 Å². The summed E-state index contributed by atoms with van der Waals surface area (Å²) in [6, 6.07) is 22.6. The largest absolute Gasteiger partial charge is 0.301 e. The molecule has 144 valence electrons. The minimum Gasteiger partial charge on any atom is -0.301 e. The lowest BCUT2D eigenvalue weighted by atomic mass is 9.87. The Morgan fingerprint density at radius 2 is 1.69 bits per heavy atom. The summed E-state index contributed by atoms with van der Waals surface area (Å²) in [5.74, 6) is 0.105. The van der Waals surface area contributed by atoms with Gasteiger partial charge < -0.3 is 4.90 Å². The third-order valence-electron chi connectivity index (χ3n) is 5.63. The zero-order chi connectivity index (χ0) is 20.2. The Balaban J connectivity index is 1.63. The maximum absolute atomic E-state index is 13.7. The quantitative estimate of drug-likeness (QED) is 0.246. The highest BCUT2D eigenvalue weighted by Gasteiger charge is 2.42. The molecule has 2 nitrogen and oxygen atoms in total. The van der Waals surface area contributed by atoms with Gasteiger partial charge in [-0.2, -0.15) is 0 Å². The van der Waals surface area contributed by atoms with E-state index < -0.39 is 5.54 Å². The number of anilines is 1. The number of fused-ring (bicyclic) bond motifs is 4. The van der Waals surface area contributed by atoms with E-state index in [1.165, 1.54) is 4.88 Å². The average molecular weight is 434 g/mol. The second kappa shape index (κ2) is 6.87. The Hall–Kier alpha value is -2.34. The summed E-state index contributed by atoms with van der Waals surface area (Å²) in [7, 11) is 3.32. The lowest BCUT2D eigenvalue weighted by molar-refractivity contribution is -0.119. The van der Waals surface area contributed by atoms with E-state index in [0.29, 0.717) is 6.42 Å². The first kappa shape index (κ1) is 18.7. The van der Waals surface area contributed by atoms with Crippen LogP contribution in [-0.2, 0) is 16.8 Å². The number of hydrogen-bond acceptors (Lipinski definition) is 4. The fourth-order valence-electron chi connectivity index (χ4n) is 4.31. The van der Waals surface area contributed by atoms with Crippen LogP contribution in [0.4, 0.5) is 5.69 Å². The van der Waals surface area contributed by atoms with Crippen molar-refractivity contribution in [1.29, 1.82) is 0 Å². The van der Waals surface area contributed by atoms with Gasteiger partial charge in [-0.3, -0.25) is 4.79 Å². The molecule has 0 fully saturated rings. The Bertz CT molecular complexity index is 1310. The van der Waals surface area contributed by atoms with Gasteiger partial charge >= 0.3 is 0 Å². The third kappa shape index (κ3) is 2.88. The standard InChI is InChI=1S/C24H19NOS3/c1-24(2)22-21(23(27)29-28-22)18-12-5-6-13-19(18)25(24)20(26)14-16-10-7-9-15-8-3-4-11-17(15)16/h3-13H,14H2,1-2H3. The minimum atomic E-state index is -0.441. The summed E-state index contributed by atoms with van der Waals surface area (Å²) >= 11 is 5.64. The molecule has 0 saturated carbocycles. The summed E-state index contributed by atoms with van der Waals surface area (Å²) in [6.07, 6.45) is 0.365. The summed E-state index contributed by atoms with van der Waals surface area (Å²) < 4.78 is 0.909. The number of nitrogens with zero attached hydrogens (tertiary/aromatic N) is 1. The lowest BCUT2D eigenvalue weighted by Gasteiger charge is -2.43. The van der Waals surface area contributed by atoms with Gasteiger partial charge in [0.05, 0.1) is 22.5 Å². The molecule has 0 spiro atoms. The summed E-state index contributed by atoms with van der Waals surface area (Å²) in [5, 5.41) is 2.30. The zero-order valence-electron chi connectivity index (χ0n) is 16.1. The molecular weight excluding hydrogens is 414 g/mol. The topological polar surface area (TPSA) is 20.3 Å². The Kier molecular flexibility index (Phi) is 4.42. The third-order valence-corrected chi connectivity index (χ3v) is 8.96. The molecule has 1 aliphatic heterocycles. The Labute approximate surface area is 182 Å². The summed E-state index contributed by atoms with van der Waals surface area (Å²) in [5.41, 5.74) is 3.77. The molecule has 1 aromatic heterocycles. The number of amides is 1. The highest BCUT2D eigenvalue weighted by atomic mass is 32.9. The normalized spacial score (nSPS) is 14.5. The van der Waals surface area contributed by atoms with Crippen LogP contribution in [0.15, 0.2) is 66.7 Å². The SMILES string of the molecule is CC1(C)c2ssc(=S)c2-c2ccccc2N1C(=O)Cc1cccc2ccccc12. The van der Waals surface area contributed by atoms with Gasteiger partial charge in [-0.15, -0.1) is 0 Å². The van der Waals surface area contributed by atoms with Gasteiger partial charge in [0.15, 0.2) is 0 Å². The minimum absolute atomic E-state index is 0.105. The molecular formula is C24H19NOS3. The molecule has 1 amide bonds. The number of hydrogen-bond donors (Lipinski definition) is 0. The maximum Gasteiger partial charge on any atom is 0.232 e. The predicted octanol–water partition coefficient (Wildman–Crippen LogP) is 7.18. The van der Waals surface area contributed by atoms with Crippen molar-refractivity contribution in [1.82, 2.24) is 0 Å². The highest BCUT2D eigenvalue weighted by molar-refractivity contribution is 7.80. The molecule has 0 bridgehead atoms. The first-order chi connectivity index (χ1) is 14.0. The van der Waals surface area contributed by atoms with E-state index in [1.807, 2.05) is 41.3 Å². The number of rotatable bonds is 2. The zero-order valence-corrected chi connectivity index (χ0v) is 18.6. The van der Waals surface area contributed by atoms with E-state index in [2.05, 4.69) is 44.2 Å². The summed E-state index contributed by atoms with van der Waals surface area (Å²) in [4.78, 5) is 16.9. The predicted molar refractivity (Wildman–Crippen MR) is 127 cm³/mol. The number of benzene rings is 3. The molecule has 0 N–H and O–H groups in total. The van der Waals surface area contributed by atoms with Crippen LogP contribution in [0.5, 0.6) is 0 Å². The molecule has 2 heterocycles.